The molecule has 7 nitrogen and oxygen atoms in total. The lowest BCUT2D eigenvalue weighted by atomic mass is 10.2. The molecule has 144 valence electrons. The molecule has 1 aliphatic heterocycles. The third kappa shape index (κ3) is 5.27. The second kappa shape index (κ2) is 9.14. The molecule has 0 unspecified atom stereocenters. The monoisotopic (exact) mass is 371 g/mol. The van der Waals surface area contributed by atoms with Crippen molar-refractivity contribution in [1.29, 1.82) is 0 Å². The zero-order valence-corrected chi connectivity index (χ0v) is 15.4. The third-order valence-electron chi connectivity index (χ3n) is 4.34. The summed E-state index contributed by atoms with van der Waals surface area (Å²) in [5, 5.41) is 3.40. The SMILES string of the molecule is COc1cc(CNc2ccc(N3CCOCC3)cc2)ccc1OCC(N)=O. The summed E-state index contributed by atoms with van der Waals surface area (Å²) in [5.41, 5.74) is 8.40. The van der Waals surface area contributed by atoms with Gasteiger partial charge in [-0.2, -0.15) is 0 Å². The number of benzene rings is 2. The highest BCUT2D eigenvalue weighted by molar-refractivity contribution is 5.75. The molecular formula is C20H25N3O4. The molecule has 3 rings (SSSR count). The normalized spacial score (nSPS) is 13.9. The summed E-state index contributed by atoms with van der Waals surface area (Å²) >= 11 is 0. The number of hydrogen-bond donors (Lipinski definition) is 2. The lowest BCUT2D eigenvalue weighted by Crippen LogP contribution is -2.36. The van der Waals surface area contributed by atoms with Gasteiger partial charge in [0.05, 0.1) is 20.3 Å². The van der Waals surface area contributed by atoms with E-state index in [2.05, 4.69) is 34.5 Å². The van der Waals surface area contributed by atoms with Crippen molar-refractivity contribution >= 4 is 17.3 Å². The van der Waals surface area contributed by atoms with Crippen molar-refractivity contribution in [2.45, 2.75) is 6.54 Å². The summed E-state index contributed by atoms with van der Waals surface area (Å²) < 4.78 is 16.1. The molecule has 3 N–H and O–H groups in total. The van der Waals surface area contributed by atoms with Crippen molar-refractivity contribution in [2.75, 3.05) is 50.2 Å². The van der Waals surface area contributed by atoms with Crippen LogP contribution in [-0.2, 0) is 16.1 Å². The molecule has 2 aromatic rings. The fourth-order valence-electron chi connectivity index (χ4n) is 2.91. The van der Waals surface area contributed by atoms with E-state index in [9.17, 15) is 4.79 Å². The Morgan fingerprint density at radius 1 is 1.15 bits per heavy atom. The van der Waals surface area contributed by atoms with Gasteiger partial charge in [-0.05, 0) is 42.0 Å². The molecular weight excluding hydrogens is 346 g/mol. The maximum Gasteiger partial charge on any atom is 0.255 e. The highest BCUT2D eigenvalue weighted by Gasteiger charge is 2.11. The van der Waals surface area contributed by atoms with Gasteiger partial charge in [0.2, 0.25) is 0 Å². The lowest BCUT2D eigenvalue weighted by Gasteiger charge is -2.28. The van der Waals surface area contributed by atoms with Gasteiger partial charge in [-0.1, -0.05) is 6.07 Å². The third-order valence-corrected chi connectivity index (χ3v) is 4.34. The molecule has 0 aromatic heterocycles. The van der Waals surface area contributed by atoms with E-state index in [1.165, 1.54) is 5.69 Å². The zero-order valence-electron chi connectivity index (χ0n) is 15.4. The predicted molar refractivity (Wildman–Crippen MR) is 104 cm³/mol. The minimum absolute atomic E-state index is 0.177. The number of ether oxygens (including phenoxy) is 3. The Labute approximate surface area is 159 Å². The molecule has 0 spiro atoms. The van der Waals surface area contributed by atoms with Crippen molar-refractivity contribution < 1.29 is 19.0 Å². The van der Waals surface area contributed by atoms with E-state index in [0.717, 1.165) is 37.6 Å². The van der Waals surface area contributed by atoms with Crippen LogP contribution in [0.1, 0.15) is 5.56 Å². The second-order valence-corrected chi connectivity index (χ2v) is 6.24. The molecule has 1 saturated heterocycles. The van der Waals surface area contributed by atoms with Gasteiger partial charge in [-0.15, -0.1) is 0 Å². The molecule has 1 amide bonds. The number of hydrogen-bond acceptors (Lipinski definition) is 6. The maximum atomic E-state index is 10.9. The standard InChI is InChI=1S/C20H25N3O4/c1-25-19-12-15(2-7-18(19)27-14-20(21)24)13-22-16-3-5-17(6-4-16)23-8-10-26-11-9-23/h2-7,12,22H,8-11,13-14H2,1H3,(H2,21,24). The molecule has 0 bridgehead atoms. The van der Waals surface area contributed by atoms with E-state index in [-0.39, 0.29) is 6.61 Å². The van der Waals surface area contributed by atoms with Crippen molar-refractivity contribution in [3.05, 3.63) is 48.0 Å². The Morgan fingerprint density at radius 2 is 1.89 bits per heavy atom. The highest BCUT2D eigenvalue weighted by Crippen LogP contribution is 2.28. The number of rotatable bonds is 8. The lowest BCUT2D eigenvalue weighted by molar-refractivity contribution is -0.119. The molecule has 0 radical (unpaired) electrons. The molecule has 27 heavy (non-hydrogen) atoms. The first kappa shape index (κ1) is 18.8. The molecule has 0 aliphatic carbocycles. The number of carbonyl (C=O) groups excluding carboxylic acids is 1. The van der Waals surface area contributed by atoms with Crippen LogP contribution in [0.4, 0.5) is 11.4 Å². The van der Waals surface area contributed by atoms with E-state index in [4.69, 9.17) is 19.9 Å². The van der Waals surface area contributed by atoms with Crippen LogP contribution in [0.5, 0.6) is 11.5 Å². The van der Waals surface area contributed by atoms with Crippen molar-refractivity contribution in [2.24, 2.45) is 5.73 Å². The number of anilines is 2. The molecule has 1 heterocycles. The number of amides is 1. The van der Waals surface area contributed by atoms with Crippen LogP contribution in [-0.4, -0.2) is 45.9 Å². The van der Waals surface area contributed by atoms with Crippen molar-refractivity contribution in [3.8, 4) is 11.5 Å². The average Bonchev–Trinajstić information content (AvgIpc) is 2.72. The summed E-state index contributed by atoms with van der Waals surface area (Å²) in [7, 11) is 1.56. The molecule has 0 saturated carbocycles. The molecule has 1 aliphatic rings. The van der Waals surface area contributed by atoms with Gasteiger partial charge in [0.1, 0.15) is 0 Å². The Bertz CT molecular complexity index is 758. The fraction of sp³-hybridized carbons (Fsp3) is 0.350. The number of carbonyl (C=O) groups is 1. The maximum absolute atomic E-state index is 10.9. The first-order valence-corrected chi connectivity index (χ1v) is 8.90. The van der Waals surface area contributed by atoms with Crippen LogP contribution in [0.2, 0.25) is 0 Å². The Balaban J connectivity index is 1.58. The van der Waals surface area contributed by atoms with E-state index >= 15 is 0 Å². The fourth-order valence-corrected chi connectivity index (χ4v) is 2.91. The van der Waals surface area contributed by atoms with E-state index in [0.29, 0.717) is 18.0 Å². The van der Waals surface area contributed by atoms with Crippen LogP contribution >= 0.6 is 0 Å². The first-order valence-electron chi connectivity index (χ1n) is 8.90. The van der Waals surface area contributed by atoms with Crippen LogP contribution in [0.3, 0.4) is 0 Å². The molecule has 0 atom stereocenters. The summed E-state index contributed by atoms with van der Waals surface area (Å²) in [4.78, 5) is 13.2. The van der Waals surface area contributed by atoms with Crippen LogP contribution in [0, 0.1) is 0 Å². The van der Waals surface area contributed by atoms with E-state index in [1.807, 2.05) is 12.1 Å². The minimum atomic E-state index is -0.525. The number of nitrogens with one attached hydrogen (secondary N) is 1. The number of morpholine rings is 1. The second-order valence-electron chi connectivity index (χ2n) is 6.24. The van der Waals surface area contributed by atoms with Crippen LogP contribution in [0.15, 0.2) is 42.5 Å². The topological polar surface area (TPSA) is 86.1 Å². The van der Waals surface area contributed by atoms with Gasteiger partial charge in [-0.3, -0.25) is 4.79 Å². The van der Waals surface area contributed by atoms with Gasteiger partial charge < -0.3 is 30.2 Å². The number of nitrogens with two attached hydrogens (primary N) is 1. The molecule has 2 aromatic carbocycles. The minimum Gasteiger partial charge on any atom is -0.493 e. The van der Waals surface area contributed by atoms with Gasteiger partial charge in [-0.25, -0.2) is 0 Å². The molecule has 1 fully saturated rings. The van der Waals surface area contributed by atoms with Crippen LogP contribution in [0.25, 0.3) is 0 Å². The number of nitrogens with zero attached hydrogens (tertiary/aromatic N) is 1. The van der Waals surface area contributed by atoms with E-state index < -0.39 is 5.91 Å². The first-order chi connectivity index (χ1) is 13.2. The summed E-state index contributed by atoms with van der Waals surface area (Å²) in [6.45, 7) is 3.88. The van der Waals surface area contributed by atoms with Gasteiger partial charge in [0.25, 0.3) is 5.91 Å². The van der Waals surface area contributed by atoms with Gasteiger partial charge >= 0.3 is 0 Å². The highest BCUT2D eigenvalue weighted by atomic mass is 16.5. The Kier molecular flexibility index (Phi) is 6.38. The Hall–Kier alpha value is -2.93. The summed E-state index contributed by atoms with van der Waals surface area (Å²) in [6, 6.07) is 14.0. The summed E-state index contributed by atoms with van der Waals surface area (Å²) in [5.74, 6) is 0.538. The van der Waals surface area contributed by atoms with Gasteiger partial charge in [0.15, 0.2) is 18.1 Å². The molecule has 7 heteroatoms. The smallest absolute Gasteiger partial charge is 0.255 e. The summed E-state index contributed by atoms with van der Waals surface area (Å²) in [6.07, 6.45) is 0. The Morgan fingerprint density at radius 3 is 2.56 bits per heavy atom. The average molecular weight is 371 g/mol. The van der Waals surface area contributed by atoms with Crippen molar-refractivity contribution in [3.63, 3.8) is 0 Å². The largest absolute Gasteiger partial charge is 0.493 e. The zero-order chi connectivity index (χ0) is 19.1. The van der Waals surface area contributed by atoms with Gasteiger partial charge in [0, 0.05) is 31.0 Å². The predicted octanol–water partition coefficient (Wildman–Crippen LogP) is 2.01. The number of methoxy groups -OCH3 is 1. The quantitative estimate of drug-likeness (QED) is 0.738. The van der Waals surface area contributed by atoms with Crippen molar-refractivity contribution in [1.82, 2.24) is 0 Å². The van der Waals surface area contributed by atoms with Crippen LogP contribution < -0.4 is 25.4 Å². The van der Waals surface area contributed by atoms with E-state index in [1.54, 1.807) is 13.2 Å². The number of primary amides is 1.